The highest BCUT2D eigenvalue weighted by molar-refractivity contribution is 9.10. The average Bonchev–Trinajstić information content (AvgIpc) is 2.43. The molecule has 2 aromatic carbocycles. The molecule has 1 N–H and O–H groups in total. The van der Waals surface area contributed by atoms with Gasteiger partial charge in [-0.3, -0.25) is 14.8 Å². The molecule has 8 heteroatoms. The van der Waals surface area contributed by atoms with Gasteiger partial charge in [-0.25, -0.2) is 8.42 Å². The van der Waals surface area contributed by atoms with Crippen LogP contribution in [0.1, 0.15) is 11.1 Å². The van der Waals surface area contributed by atoms with Crippen molar-refractivity contribution >= 4 is 37.3 Å². The first kappa shape index (κ1) is 16.4. The predicted molar refractivity (Wildman–Crippen MR) is 87.5 cm³/mol. The van der Waals surface area contributed by atoms with Gasteiger partial charge in [-0.2, -0.15) is 0 Å². The van der Waals surface area contributed by atoms with Crippen LogP contribution in [-0.2, 0) is 10.0 Å². The Morgan fingerprint density at radius 2 is 1.73 bits per heavy atom. The molecule has 0 radical (unpaired) electrons. The Labute approximate surface area is 136 Å². The lowest BCUT2D eigenvalue weighted by molar-refractivity contribution is -0.384. The number of sulfonamides is 1. The van der Waals surface area contributed by atoms with E-state index < -0.39 is 14.9 Å². The zero-order valence-electron chi connectivity index (χ0n) is 11.8. The number of nitrogens with one attached hydrogen (secondary N) is 1. The van der Waals surface area contributed by atoms with Crippen molar-refractivity contribution in [1.82, 2.24) is 0 Å². The van der Waals surface area contributed by atoms with E-state index in [0.29, 0.717) is 15.6 Å². The molecule has 0 saturated carbocycles. The van der Waals surface area contributed by atoms with Crippen LogP contribution in [0.2, 0.25) is 0 Å². The molecule has 0 fully saturated rings. The summed E-state index contributed by atoms with van der Waals surface area (Å²) in [5.41, 5.74) is 1.20. The number of benzene rings is 2. The molecule has 22 heavy (non-hydrogen) atoms. The summed E-state index contributed by atoms with van der Waals surface area (Å²) in [4.78, 5) is 10.4. The third kappa shape index (κ3) is 3.45. The Morgan fingerprint density at radius 3 is 2.36 bits per heavy atom. The van der Waals surface area contributed by atoms with Gasteiger partial charge in [-0.15, -0.1) is 0 Å². The summed E-state index contributed by atoms with van der Waals surface area (Å²) in [5, 5.41) is 10.8. The molecular formula is C14H13BrN2O4S. The van der Waals surface area contributed by atoms with Crippen molar-refractivity contribution < 1.29 is 13.3 Å². The van der Waals surface area contributed by atoms with Crippen molar-refractivity contribution in [3.63, 3.8) is 0 Å². The van der Waals surface area contributed by atoms with Crippen LogP contribution in [0.15, 0.2) is 45.8 Å². The lowest BCUT2D eigenvalue weighted by atomic mass is 10.2. The van der Waals surface area contributed by atoms with E-state index in [9.17, 15) is 18.5 Å². The number of halogens is 1. The molecule has 0 bridgehead atoms. The summed E-state index contributed by atoms with van der Waals surface area (Å²) in [5.74, 6) is 0. The molecular weight excluding hydrogens is 372 g/mol. The number of rotatable bonds is 4. The number of anilines is 1. The highest BCUT2D eigenvalue weighted by Gasteiger charge is 2.19. The fourth-order valence-electron chi connectivity index (χ4n) is 1.90. The average molecular weight is 385 g/mol. The van der Waals surface area contributed by atoms with Crippen LogP contribution in [0.25, 0.3) is 0 Å². The maximum Gasteiger partial charge on any atom is 0.271 e. The number of hydrogen-bond acceptors (Lipinski definition) is 4. The fraction of sp³-hybridized carbons (Fsp3) is 0.143. The van der Waals surface area contributed by atoms with Crippen LogP contribution < -0.4 is 4.72 Å². The van der Waals surface area contributed by atoms with Crippen LogP contribution in [0.4, 0.5) is 11.4 Å². The van der Waals surface area contributed by atoms with Gasteiger partial charge in [0.15, 0.2) is 0 Å². The minimum atomic E-state index is -3.83. The van der Waals surface area contributed by atoms with Crippen LogP contribution >= 0.6 is 15.9 Å². The molecule has 116 valence electrons. The predicted octanol–water partition coefficient (Wildman–Crippen LogP) is 3.77. The van der Waals surface area contributed by atoms with E-state index >= 15 is 0 Å². The van der Waals surface area contributed by atoms with Crippen LogP contribution in [0.5, 0.6) is 0 Å². The molecule has 2 aromatic rings. The molecule has 0 aliphatic carbocycles. The summed E-state index contributed by atoms with van der Waals surface area (Å²) in [6.07, 6.45) is 0. The van der Waals surface area contributed by atoms with E-state index in [0.717, 1.165) is 0 Å². The van der Waals surface area contributed by atoms with Gasteiger partial charge in [-0.1, -0.05) is 28.1 Å². The molecule has 6 nitrogen and oxygen atoms in total. The van der Waals surface area contributed by atoms with Gasteiger partial charge in [0, 0.05) is 16.6 Å². The van der Waals surface area contributed by atoms with E-state index in [1.807, 2.05) is 0 Å². The van der Waals surface area contributed by atoms with Gasteiger partial charge < -0.3 is 0 Å². The number of aryl methyl sites for hydroxylation is 2. The summed E-state index contributed by atoms with van der Waals surface area (Å²) >= 11 is 3.24. The van der Waals surface area contributed by atoms with Gasteiger partial charge >= 0.3 is 0 Å². The number of nitrogens with zero attached hydrogens (tertiary/aromatic N) is 1. The van der Waals surface area contributed by atoms with Crippen molar-refractivity contribution in [1.29, 1.82) is 0 Å². The molecule has 0 saturated heterocycles. The third-order valence-corrected chi connectivity index (χ3v) is 5.12. The van der Waals surface area contributed by atoms with E-state index in [2.05, 4.69) is 20.7 Å². The van der Waals surface area contributed by atoms with Crippen molar-refractivity contribution in [3.8, 4) is 0 Å². The monoisotopic (exact) mass is 384 g/mol. The maximum atomic E-state index is 12.5. The van der Waals surface area contributed by atoms with Crippen molar-refractivity contribution in [2.75, 3.05) is 4.72 Å². The third-order valence-electron chi connectivity index (χ3n) is 3.12. The standard InChI is InChI=1S/C14H13BrN2O4S/c1-9-4-6-12(17(18)19)8-13(9)16-22(20,21)14-7-11(15)5-3-10(14)2/h3-8,16H,1-2H3. The van der Waals surface area contributed by atoms with Gasteiger partial charge in [0.2, 0.25) is 0 Å². The smallest absolute Gasteiger partial charge is 0.271 e. The second-order valence-electron chi connectivity index (χ2n) is 4.77. The molecule has 0 amide bonds. The molecule has 0 heterocycles. The number of hydrogen-bond donors (Lipinski definition) is 1. The molecule has 2 rings (SSSR count). The number of nitro benzene ring substituents is 1. The van der Waals surface area contributed by atoms with Gasteiger partial charge in [0.25, 0.3) is 15.7 Å². The fourth-order valence-corrected chi connectivity index (χ4v) is 3.80. The Hall–Kier alpha value is -1.93. The molecule has 0 spiro atoms. The summed E-state index contributed by atoms with van der Waals surface area (Å²) in [6.45, 7) is 3.36. The minimum Gasteiger partial charge on any atom is -0.279 e. The second-order valence-corrected chi connectivity index (χ2v) is 7.34. The largest absolute Gasteiger partial charge is 0.279 e. The lowest BCUT2D eigenvalue weighted by Gasteiger charge is -2.12. The summed E-state index contributed by atoms with van der Waals surface area (Å²) in [7, 11) is -3.83. The first-order valence-corrected chi connectivity index (χ1v) is 8.52. The molecule has 0 atom stereocenters. The van der Waals surface area contributed by atoms with E-state index in [4.69, 9.17) is 0 Å². The Bertz CT molecular complexity index is 850. The van der Waals surface area contributed by atoms with E-state index in [1.165, 1.54) is 24.3 Å². The SMILES string of the molecule is Cc1ccc([N+](=O)[O-])cc1NS(=O)(=O)c1cc(Br)ccc1C. The van der Waals surface area contributed by atoms with Crippen LogP contribution in [0.3, 0.4) is 0 Å². The Kier molecular flexibility index (Phi) is 4.52. The van der Waals surface area contributed by atoms with Crippen molar-refractivity contribution in [2.45, 2.75) is 18.7 Å². The lowest BCUT2D eigenvalue weighted by Crippen LogP contribution is -2.15. The normalized spacial score (nSPS) is 11.2. The van der Waals surface area contributed by atoms with Crippen LogP contribution in [-0.4, -0.2) is 13.3 Å². The topological polar surface area (TPSA) is 89.3 Å². The van der Waals surface area contributed by atoms with Gasteiger partial charge in [-0.05, 0) is 37.1 Å². The minimum absolute atomic E-state index is 0.118. The van der Waals surface area contributed by atoms with E-state index in [-0.39, 0.29) is 16.3 Å². The highest BCUT2D eigenvalue weighted by atomic mass is 79.9. The zero-order chi connectivity index (χ0) is 16.5. The van der Waals surface area contributed by atoms with Gasteiger partial charge in [0.1, 0.15) is 0 Å². The van der Waals surface area contributed by atoms with E-state index in [1.54, 1.807) is 26.0 Å². The van der Waals surface area contributed by atoms with Crippen LogP contribution in [0, 0.1) is 24.0 Å². The Balaban J connectivity index is 2.47. The highest BCUT2D eigenvalue weighted by Crippen LogP contribution is 2.27. The van der Waals surface area contributed by atoms with Crippen molar-refractivity contribution in [3.05, 3.63) is 62.1 Å². The zero-order valence-corrected chi connectivity index (χ0v) is 14.2. The molecule has 0 unspecified atom stereocenters. The molecule has 0 aliphatic heterocycles. The summed E-state index contributed by atoms with van der Waals surface area (Å²) < 4.78 is 28.1. The maximum absolute atomic E-state index is 12.5. The number of nitro groups is 1. The quantitative estimate of drug-likeness (QED) is 0.641. The molecule has 0 aliphatic rings. The first-order chi connectivity index (χ1) is 10.2. The second kappa shape index (κ2) is 6.05. The first-order valence-electron chi connectivity index (χ1n) is 6.25. The summed E-state index contributed by atoms with van der Waals surface area (Å²) in [6, 6.07) is 8.96. The molecule has 0 aromatic heterocycles. The number of non-ortho nitro benzene ring substituents is 1. The van der Waals surface area contributed by atoms with Crippen molar-refractivity contribution in [2.24, 2.45) is 0 Å². The van der Waals surface area contributed by atoms with Gasteiger partial charge in [0.05, 0.1) is 15.5 Å². The Morgan fingerprint density at radius 1 is 1.09 bits per heavy atom.